The molecule has 0 aromatic heterocycles. The lowest BCUT2D eigenvalue weighted by Gasteiger charge is -2.31. The van der Waals surface area contributed by atoms with Gasteiger partial charge in [0.25, 0.3) is 11.8 Å². The smallest absolute Gasteiger partial charge is 0.311 e. The molecule has 0 unspecified atom stereocenters. The Morgan fingerprint density at radius 2 is 1.27 bits per heavy atom. The van der Waals surface area contributed by atoms with E-state index in [9.17, 15) is 53.5 Å². The number of hydrogen-bond donors (Lipinski definition) is 0. The van der Waals surface area contributed by atoms with Crippen LogP contribution in [0.3, 0.4) is 0 Å². The Kier molecular flexibility index (Phi) is 9.08. The van der Waals surface area contributed by atoms with Gasteiger partial charge in [0.15, 0.2) is 0 Å². The molecule has 3 aromatic carbocycles. The summed E-state index contributed by atoms with van der Waals surface area (Å²) in [4.78, 5) is 27.1. The van der Waals surface area contributed by atoms with E-state index in [2.05, 4.69) is 16.1 Å². The van der Waals surface area contributed by atoms with Gasteiger partial charge in [-0.05, 0) is 48.5 Å². The Morgan fingerprint density at radius 1 is 0.727 bits per heavy atom. The van der Waals surface area contributed by atoms with Crippen molar-refractivity contribution < 1.29 is 53.5 Å². The highest BCUT2D eigenvalue weighted by Crippen LogP contribution is 2.54. The Balaban J connectivity index is 2.04. The highest BCUT2D eigenvalue weighted by Gasteiger charge is 2.73. The minimum absolute atomic E-state index is 0.0124. The molecule has 3 rings (SSSR count). The Labute approximate surface area is 249 Å². The van der Waals surface area contributed by atoms with Crippen LogP contribution in [0, 0.1) is 22.7 Å². The lowest BCUT2D eigenvalue weighted by Crippen LogP contribution is -2.50. The van der Waals surface area contributed by atoms with E-state index < -0.39 is 64.5 Å². The van der Waals surface area contributed by atoms with Gasteiger partial charge in [0.2, 0.25) is 0 Å². The molecule has 0 atom stereocenters. The molecule has 0 spiro atoms. The lowest BCUT2D eigenvalue weighted by molar-refractivity contribution is -0.348. The van der Waals surface area contributed by atoms with Crippen molar-refractivity contribution >= 4 is 39.3 Å². The quantitative estimate of drug-likeness (QED) is 0.200. The standard InChI is InChI=1S/C27H13BrF10N4O2/c1-41(22(43)17-8-14(12-39)7-15(9-17)13-40)19-4-2-3-16(10-19)23(44)42(28)21-6-5-18(11-20(21)25(30,31)32)24(29,26(33,34)35)27(36,37)38/h2-11H,1H3. The molecule has 17 heteroatoms. The second-order valence-electron chi connectivity index (χ2n) is 8.91. The molecule has 230 valence electrons. The van der Waals surface area contributed by atoms with Crippen LogP contribution in [0.4, 0.5) is 55.3 Å². The van der Waals surface area contributed by atoms with Crippen LogP contribution in [0.2, 0.25) is 0 Å². The van der Waals surface area contributed by atoms with Crippen molar-refractivity contribution in [2.24, 2.45) is 0 Å². The molecular weight excluding hydrogens is 682 g/mol. The van der Waals surface area contributed by atoms with Crippen molar-refractivity contribution in [2.45, 2.75) is 24.2 Å². The highest BCUT2D eigenvalue weighted by atomic mass is 79.9. The number of benzene rings is 3. The van der Waals surface area contributed by atoms with Crippen LogP contribution >= 0.6 is 16.1 Å². The summed E-state index contributed by atoms with van der Waals surface area (Å²) in [6, 6.07) is 10.9. The fourth-order valence-corrected chi connectivity index (χ4v) is 4.41. The summed E-state index contributed by atoms with van der Waals surface area (Å²) < 4.78 is 135. The van der Waals surface area contributed by atoms with Crippen molar-refractivity contribution in [3.8, 4) is 12.1 Å². The van der Waals surface area contributed by atoms with Crippen LogP contribution in [-0.2, 0) is 11.8 Å². The van der Waals surface area contributed by atoms with Crippen LogP contribution in [0.1, 0.15) is 43.0 Å². The van der Waals surface area contributed by atoms with Gasteiger partial charge in [-0.3, -0.25) is 9.59 Å². The molecule has 44 heavy (non-hydrogen) atoms. The Morgan fingerprint density at radius 3 is 1.75 bits per heavy atom. The lowest BCUT2D eigenvalue weighted by atomic mass is 9.92. The largest absolute Gasteiger partial charge is 0.435 e. The maximum atomic E-state index is 14.5. The summed E-state index contributed by atoms with van der Waals surface area (Å²) in [6.45, 7) is 0. The zero-order valence-electron chi connectivity index (χ0n) is 21.5. The number of anilines is 2. The molecule has 0 saturated carbocycles. The summed E-state index contributed by atoms with van der Waals surface area (Å²) in [7, 11) is 1.23. The summed E-state index contributed by atoms with van der Waals surface area (Å²) in [6.07, 6.45) is -19.0. The highest BCUT2D eigenvalue weighted by molar-refractivity contribution is 9.10. The summed E-state index contributed by atoms with van der Waals surface area (Å²) in [5.74, 6) is -2.08. The monoisotopic (exact) mass is 694 g/mol. The van der Waals surface area contributed by atoms with E-state index in [0.717, 1.165) is 17.0 Å². The molecule has 0 aliphatic rings. The molecule has 0 radical (unpaired) electrons. The molecule has 0 fully saturated rings. The first-order chi connectivity index (χ1) is 20.2. The first kappa shape index (κ1) is 33.9. The summed E-state index contributed by atoms with van der Waals surface area (Å²) >= 11 is 2.55. The fraction of sp³-hybridized carbons (Fsp3) is 0.185. The van der Waals surface area contributed by atoms with Crippen LogP contribution < -0.4 is 8.83 Å². The Hall–Kier alpha value is -4.64. The SMILES string of the molecule is CN(C(=O)c1cc(C#N)cc(C#N)c1)c1cccc(C(=O)N(Br)c2ccc(C(F)(C(F)(F)F)C(F)(F)F)cc2C(F)(F)F)c1. The van der Waals surface area contributed by atoms with Crippen LogP contribution in [-0.4, -0.2) is 31.2 Å². The van der Waals surface area contributed by atoms with E-state index in [0.29, 0.717) is 0 Å². The molecule has 0 N–H and O–H groups in total. The third-order valence-corrected chi connectivity index (χ3v) is 6.80. The van der Waals surface area contributed by atoms with Gasteiger partial charge in [-0.2, -0.15) is 50.0 Å². The first-order valence-corrected chi connectivity index (χ1v) is 12.3. The van der Waals surface area contributed by atoms with Crippen LogP contribution in [0.5, 0.6) is 0 Å². The van der Waals surface area contributed by atoms with E-state index in [4.69, 9.17) is 10.5 Å². The van der Waals surface area contributed by atoms with Crippen molar-refractivity contribution in [3.63, 3.8) is 0 Å². The minimum Gasteiger partial charge on any atom is -0.311 e. The predicted molar refractivity (Wildman–Crippen MR) is 137 cm³/mol. The van der Waals surface area contributed by atoms with Gasteiger partial charge < -0.3 is 4.90 Å². The van der Waals surface area contributed by atoms with Gasteiger partial charge in [-0.1, -0.05) is 12.1 Å². The van der Waals surface area contributed by atoms with E-state index >= 15 is 0 Å². The number of rotatable bonds is 5. The van der Waals surface area contributed by atoms with E-state index in [1.165, 1.54) is 37.4 Å². The normalized spacial score (nSPS) is 12.2. The second kappa shape index (κ2) is 11.8. The molecular formula is C27H13BrF10N4O2. The second-order valence-corrected chi connectivity index (χ2v) is 9.62. The molecule has 2 amide bonds. The summed E-state index contributed by atoms with van der Waals surface area (Å²) in [5, 5.41) is 18.3. The number of hydrogen-bond acceptors (Lipinski definition) is 4. The fourth-order valence-electron chi connectivity index (χ4n) is 3.90. The number of carbonyl (C=O) groups excluding carboxylic acids is 2. The van der Waals surface area contributed by atoms with E-state index in [1.807, 2.05) is 0 Å². The molecule has 0 aliphatic carbocycles. The average Bonchev–Trinajstić information content (AvgIpc) is 2.96. The molecule has 0 saturated heterocycles. The molecule has 0 bridgehead atoms. The van der Waals surface area contributed by atoms with Gasteiger partial charge in [-0.25, -0.2) is 8.32 Å². The maximum absolute atomic E-state index is 14.5. The maximum Gasteiger partial charge on any atom is 0.435 e. The van der Waals surface area contributed by atoms with Gasteiger partial charge in [-0.15, -0.1) is 0 Å². The van der Waals surface area contributed by atoms with Gasteiger partial charge in [0.1, 0.15) is 0 Å². The number of nitriles is 2. The van der Waals surface area contributed by atoms with Crippen LogP contribution in [0.15, 0.2) is 60.7 Å². The number of carbonyl (C=O) groups is 2. The topological polar surface area (TPSA) is 88.2 Å². The molecule has 6 nitrogen and oxygen atoms in total. The third kappa shape index (κ3) is 6.33. The molecule has 0 aliphatic heterocycles. The first-order valence-electron chi connectivity index (χ1n) is 11.5. The zero-order valence-corrected chi connectivity index (χ0v) is 23.1. The number of halogens is 11. The molecule has 3 aromatic rings. The van der Waals surface area contributed by atoms with Gasteiger partial charge >= 0.3 is 24.2 Å². The zero-order chi connectivity index (χ0) is 33.4. The van der Waals surface area contributed by atoms with Crippen LogP contribution in [0.25, 0.3) is 0 Å². The van der Waals surface area contributed by atoms with E-state index in [-0.39, 0.29) is 38.4 Å². The predicted octanol–water partition coefficient (Wildman–Crippen LogP) is 7.97. The number of alkyl halides is 10. The van der Waals surface area contributed by atoms with Crippen molar-refractivity contribution in [1.29, 1.82) is 10.5 Å². The number of amides is 2. The Bertz CT molecular complexity index is 1660. The van der Waals surface area contributed by atoms with Gasteiger partial charge in [0, 0.05) is 29.4 Å². The third-order valence-electron chi connectivity index (χ3n) is 6.09. The van der Waals surface area contributed by atoms with Crippen molar-refractivity contribution in [1.82, 2.24) is 0 Å². The van der Waals surface area contributed by atoms with Crippen molar-refractivity contribution in [2.75, 3.05) is 15.9 Å². The minimum atomic E-state index is -6.68. The van der Waals surface area contributed by atoms with Crippen molar-refractivity contribution in [3.05, 3.63) is 94.0 Å². The van der Waals surface area contributed by atoms with E-state index in [1.54, 1.807) is 12.1 Å². The van der Waals surface area contributed by atoms with Gasteiger partial charge in [0.05, 0.1) is 50.7 Å². The average molecular weight is 695 g/mol. The summed E-state index contributed by atoms with van der Waals surface area (Å²) in [5.41, 5.74) is -12.6. The number of nitrogens with zero attached hydrogens (tertiary/aromatic N) is 4. The molecule has 0 heterocycles.